The number of rotatable bonds is 2. The molecule has 1 aliphatic heterocycles. The number of aliphatic hydroxyl groups excluding tert-OH is 1. The highest BCUT2D eigenvalue weighted by Crippen LogP contribution is 2.23. The Morgan fingerprint density at radius 3 is 2.57 bits per heavy atom. The largest absolute Gasteiger partial charge is 0.481 e. The first-order valence-electron chi connectivity index (χ1n) is 6.47. The molecule has 0 aliphatic carbocycles. The molecule has 1 aliphatic rings. The molecule has 1 amide bonds. The van der Waals surface area contributed by atoms with Crippen molar-refractivity contribution in [2.24, 2.45) is 5.92 Å². The summed E-state index contributed by atoms with van der Waals surface area (Å²) in [5.41, 5.74) is -0.531. The average molecular weight is 299 g/mol. The Morgan fingerprint density at radius 1 is 1.33 bits per heavy atom. The lowest BCUT2D eigenvalue weighted by Gasteiger charge is -2.34. The molecule has 114 valence electrons. The van der Waals surface area contributed by atoms with Gasteiger partial charge in [0.05, 0.1) is 12.0 Å². The number of benzene rings is 1. The third-order valence-corrected chi connectivity index (χ3v) is 3.68. The molecule has 0 spiro atoms. The van der Waals surface area contributed by atoms with E-state index in [1.807, 2.05) is 0 Å². The monoisotopic (exact) mass is 299 g/mol. The van der Waals surface area contributed by atoms with E-state index in [1.165, 1.54) is 13.0 Å². The van der Waals surface area contributed by atoms with Gasteiger partial charge in [-0.1, -0.05) is 6.07 Å². The summed E-state index contributed by atoms with van der Waals surface area (Å²) in [4.78, 5) is 24.2. The molecule has 0 radical (unpaired) electrons. The van der Waals surface area contributed by atoms with Crippen LogP contribution in [0.1, 0.15) is 22.3 Å². The molecule has 1 aromatic rings. The van der Waals surface area contributed by atoms with Gasteiger partial charge in [-0.15, -0.1) is 0 Å². The van der Waals surface area contributed by atoms with E-state index >= 15 is 0 Å². The van der Waals surface area contributed by atoms with Crippen LogP contribution in [0.3, 0.4) is 0 Å². The zero-order chi connectivity index (χ0) is 15.7. The lowest BCUT2D eigenvalue weighted by molar-refractivity contribution is -0.148. The standard InChI is InChI=1S/C14H15F2NO4/c1-7-2-3-9(15)11(12(7)16)13(19)17-5-4-8(14(20)21)10(18)6-17/h2-3,8,10,18H,4-6H2,1H3,(H,20,21)/t8-,10+/m0/s1. The zero-order valence-corrected chi connectivity index (χ0v) is 11.3. The normalized spacial score (nSPS) is 22.2. The molecule has 0 saturated carbocycles. The maximum atomic E-state index is 13.9. The summed E-state index contributed by atoms with van der Waals surface area (Å²) in [7, 11) is 0. The SMILES string of the molecule is Cc1ccc(F)c(C(=O)N2CC[C@H](C(=O)O)[C@H](O)C2)c1F. The summed E-state index contributed by atoms with van der Waals surface area (Å²) in [6.45, 7) is 1.18. The van der Waals surface area contributed by atoms with Crippen molar-refractivity contribution >= 4 is 11.9 Å². The second kappa shape index (κ2) is 5.77. The molecule has 1 aromatic carbocycles. The Morgan fingerprint density at radius 2 is 2.00 bits per heavy atom. The Balaban J connectivity index is 2.23. The molecule has 2 atom stereocenters. The number of carbonyl (C=O) groups is 2. The minimum absolute atomic E-state index is 0.0275. The van der Waals surface area contributed by atoms with E-state index in [1.54, 1.807) is 0 Å². The highest BCUT2D eigenvalue weighted by atomic mass is 19.1. The summed E-state index contributed by atoms with van der Waals surface area (Å²) < 4.78 is 27.6. The first kappa shape index (κ1) is 15.4. The summed E-state index contributed by atoms with van der Waals surface area (Å²) >= 11 is 0. The number of amides is 1. The van der Waals surface area contributed by atoms with Crippen molar-refractivity contribution in [2.75, 3.05) is 13.1 Å². The lowest BCUT2D eigenvalue weighted by Crippen LogP contribution is -2.49. The molecule has 0 unspecified atom stereocenters. The molecule has 0 bridgehead atoms. The van der Waals surface area contributed by atoms with Gasteiger partial charge in [-0.2, -0.15) is 0 Å². The second-order valence-corrected chi connectivity index (χ2v) is 5.11. The number of aliphatic carboxylic acids is 1. The first-order valence-corrected chi connectivity index (χ1v) is 6.47. The molecule has 5 nitrogen and oxygen atoms in total. The van der Waals surface area contributed by atoms with Gasteiger partial charge in [-0.3, -0.25) is 9.59 Å². The Labute approximate surface area is 119 Å². The quantitative estimate of drug-likeness (QED) is 0.859. The van der Waals surface area contributed by atoms with Crippen molar-refractivity contribution in [1.29, 1.82) is 0 Å². The summed E-state index contributed by atoms with van der Waals surface area (Å²) in [6, 6.07) is 2.24. The fraction of sp³-hybridized carbons (Fsp3) is 0.429. The maximum Gasteiger partial charge on any atom is 0.309 e. The van der Waals surface area contributed by atoms with Crippen LogP contribution in [0.25, 0.3) is 0 Å². The molecule has 1 fully saturated rings. The summed E-state index contributed by atoms with van der Waals surface area (Å²) in [6.07, 6.45) is -1.21. The predicted molar refractivity (Wildman–Crippen MR) is 68.7 cm³/mol. The number of aliphatic hydroxyl groups is 1. The van der Waals surface area contributed by atoms with Crippen LogP contribution >= 0.6 is 0 Å². The van der Waals surface area contributed by atoms with Crippen molar-refractivity contribution in [1.82, 2.24) is 4.90 Å². The van der Waals surface area contributed by atoms with E-state index in [0.717, 1.165) is 11.0 Å². The molecule has 0 aromatic heterocycles. The molecular weight excluding hydrogens is 284 g/mol. The number of nitrogens with zero attached hydrogens (tertiary/aromatic N) is 1. The van der Waals surface area contributed by atoms with Crippen LogP contribution in [0, 0.1) is 24.5 Å². The number of hydrogen-bond acceptors (Lipinski definition) is 3. The van der Waals surface area contributed by atoms with Crippen LogP contribution in [-0.4, -0.2) is 46.2 Å². The van der Waals surface area contributed by atoms with Crippen LogP contribution in [0.15, 0.2) is 12.1 Å². The molecule has 1 heterocycles. The number of halogens is 2. The minimum Gasteiger partial charge on any atom is -0.481 e. The van der Waals surface area contributed by atoms with Gasteiger partial charge in [0.15, 0.2) is 0 Å². The number of carbonyl (C=O) groups excluding carboxylic acids is 1. The maximum absolute atomic E-state index is 13.9. The number of aryl methyl sites for hydroxylation is 1. The van der Waals surface area contributed by atoms with Gasteiger partial charge in [-0.25, -0.2) is 8.78 Å². The van der Waals surface area contributed by atoms with Crippen LogP contribution < -0.4 is 0 Å². The van der Waals surface area contributed by atoms with Crippen LogP contribution in [0.2, 0.25) is 0 Å². The van der Waals surface area contributed by atoms with E-state index < -0.39 is 41.1 Å². The van der Waals surface area contributed by atoms with Crippen LogP contribution in [0.4, 0.5) is 8.78 Å². The molecule has 7 heteroatoms. The highest BCUT2D eigenvalue weighted by Gasteiger charge is 2.36. The summed E-state index contributed by atoms with van der Waals surface area (Å²) in [5.74, 6) is -4.91. The Hall–Kier alpha value is -2.02. The summed E-state index contributed by atoms with van der Waals surface area (Å²) in [5, 5.41) is 18.6. The van der Waals surface area contributed by atoms with Crippen molar-refractivity contribution in [3.05, 3.63) is 34.9 Å². The van der Waals surface area contributed by atoms with E-state index in [4.69, 9.17) is 5.11 Å². The van der Waals surface area contributed by atoms with Gasteiger partial charge in [0, 0.05) is 13.1 Å². The number of piperidine rings is 1. The number of likely N-dealkylation sites (tertiary alicyclic amines) is 1. The highest BCUT2D eigenvalue weighted by molar-refractivity contribution is 5.95. The van der Waals surface area contributed by atoms with Gasteiger partial charge in [0.1, 0.15) is 17.2 Å². The minimum atomic E-state index is -1.25. The second-order valence-electron chi connectivity index (χ2n) is 5.11. The van der Waals surface area contributed by atoms with E-state index in [-0.39, 0.29) is 25.1 Å². The average Bonchev–Trinajstić information content (AvgIpc) is 2.42. The fourth-order valence-corrected chi connectivity index (χ4v) is 2.41. The third-order valence-electron chi connectivity index (χ3n) is 3.68. The predicted octanol–water partition coefficient (Wildman–Crippen LogP) is 1.18. The topological polar surface area (TPSA) is 77.8 Å². The van der Waals surface area contributed by atoms with Crippen molar-refractivity contribution < 1.29 is 28.6 Å². The van der Waals surface area contributed by atoms with Crippen molar-refractivity contribution in [2.45, 2.75) is 19.4 Å². The number of carboxylic acid groups (broad SMARTS) is 1. The van der Waals surface area contributed by atoms with Crippen molar-refractivity contribution in [3.8, 4) is 0 Å². The Kier molecular flexibility index (Phi) is 4.22. The number of hydrogen-bond donors (Lipinski definition) is 2. The van der Waals surface area contributed by atoms with E-state index in [0.29, 0.717) is 0 Å². The van der Waals surface area contributed by atoms with Crippen LogP contribution in [0.5, 0.6) is 0 Å². The molecule has 2 N–H and O–H groups in total. The van der Waals surface area contributed by atoms with Gasteiger partial charge in [-0.05, 0) is 25.0 Å². The molecule has 1 saturated heterocycles. The van der Waals surface area contributed by atoms with E-state index in [9.17, 15) is 23.5 Å². The van der Waals surface area contributed by atoms with Crippen molar-refractivity contribution in [3.63, 3.8) is 0 Å². The Bertz CT molecular complexity index is 591. The van der Waals surface area contributed by atoms with Gasteiger partial charge < -0.3 is 15.1 Å². The molecule has 2 rings (SSSR count). The lowest BCUT2D eigenvalue weighted by atomic mass is 9.93. The molecular formula is C14H15F2NO4. The first-order chi connectivity index (χ1) is 9.82. The van der Waals surface area contributed by atoms with E-state index in [2.05, 4.69) is 0 Å². The smallest absolute Gasteiger partial charge is 0.309 e. The number of carboxylic acids is 1. The van der Waals surface area contributed by atoms with Gasteiger partial charge >= 0.3 is 5.97 Å². The van der Waals surface area contributed by atoms with Crippen LogP contribution in [-0.2, 0) is 4.79 Å². The van der Waals surface area contributed by atoms with Gasteiger partial charge in [0.25, 0.3) is 5.91 Å². The zero-order valence-electron chi connectivity index (χ0n) is 11.3. The third kappa shape index (κ3) is 2.87. The fourth-order valence-electron chi connectivity index (χ4n) is 2.41. The number of β-amino-alcohol motifs (C(OH)–C–C–N with tert-alkyl or cyclic N) is 1. The molecule has 21 heavy (non-hydrogen) atoms. The van der Waals surface area contributed by atoms with Gasteiger partial charge in [0.2, 0.25) is 0 Å².